The zero-order valence-corrected chi connectivity index (χ0v) is 9.75. The molecule has 0 aliphatic heterocycles. The van der Waals surface area contributed by atoms with Crippen LogP contribution in [0.5, 0.6) is 0 Å². The van der Waals surface area contributed by atoms with Gasteiger partial charge in [0.1, 0.15) is 11.5 Å². The number of allylic oxidation sites excluding steroid dienone is 2. The molecule has 1 aliphatic rings. The van der Waals surface area contributed by atoms with Gasteiger partial charge in [-0.2, -0.15) is 0 Å². The van der Waals surface area contributed by atoms with Crippen molar-refractivity contribution in [1.82, 2.24) is 0 Å². The normalized spacial score (nSPS) is 20.7. The van der Waals surface area contributed by atoms with Gasteiger partial charge in [0, 0.05) is 12.8 Å². The molecule has 1 aliphatic carbocycles. The van der Waals surface area contributed by atoms with Gasteiger partial charge >= 0.3 is 0 Å². The van der Waals surface area contributed by atoms with Crippen LogP contribution in [0.3, 0.4) is 0 Å². The number of rotatable bonds is 4. The molecule has 82 valence electrons. The smallest absolute Gasteiger partial charge is 0.104 e. The van der Waals surface area contributed by atoms with Crippen LogP contribution in [-0.2, 0) is 12.8 Å². The average molecular weight is 204 g/mol. The Morgan fingerprint density at radius 3 is 2.67 bits per heavy atom. The third kappa shape index (κ3) is 2.74. The van der Waals surface area contributed by atoms with Crippen molar-refractivity contribution in [3.63, 3.8) is 0 Å². The van der Waals surface area contributed by atoms with Crippen LogP contribution in [0.1, 0.15) is 44.6 Å². The van der Waals surface area contributed by atoms with E-state index in [0.29, 0.717) is 0 Å². The Hall–Kier alpha value is -0.980. The molecule has 1 atom stereocenters. The van der Waals surface area contributed by atoms with Gasteiger partial charge in [0.15, 0.2) is 0 Å². The van der Waals surface area contributed by atoms with Crippen molar-refractivity contribution in [3.8, 4) is 0 Å². The van der Waals surface area contributed by atoms with Crippen molar-refractivity contribution in [2.24, 2.45) is 5.92 Å². The summed E-state index contributed by atoms with van der Waals surface area (Å²) in [6.07, 6.45) is 8.22. The number of hydrogen-bond donors (Lipinski definition) is 0. The van der Waals surface area contributed by atoms with Crippen molar-refractivity contribution in [1.29, 1.82) is 0 Å². The van der Waals surface area contributed by atoms with E-state index in [1.54, 1.807) is 5.57 Å². The maximum Gasteiger partial charge on any atom is 0.104 e. The fourth-order valence-electron chi connectivity index (χ4n) is 2.22. The zero-order valence-electron chi connectivity index (χ0n) is 9.75. The second-order valence-corrected chi connectivity index (χ2v) is 4.63. The first-order valence-electron chi connectivity index (χ1n) is 6.03. The minimum atomic E-state index is 0.864. The lowest BCUT2D eigenvalue weighted by atomic mass is 10.0. The van der Waals surface area contributed by atoms with Gasteiger partial charge in [0.05, 0.1) is 0 Å². The van der Waals surface area contributed by atoms with Crippen LogP contribution >= 0.6 is 0 Å². The lowest BCUT2D eigenvalue weighted by molar-refractivity contribution is 0.467. The largest absolute Gasteiger partial charge is 0.466 e. The van der Waals surface area contributed by atoms with Crippen molar-refractivity contribution < 1.29 is 4.42 Å². The molecule has 15 heavy (non-hydrogen) atoms. The fraction of sp³-hybridized carbons (Fsp3) is 0.571. The van der Waals surface area contributed by atoms with E-state index in [0.717, 1.165) is 30.3 Å². The molecule has 0 fully saturated rings. The zero-order chi connectivity index (χ0) is 10.7. The lowest BCUT2D eigenvalue weighted by Gasteiger charge is -2.02. The molecule has 1 heteroatoms. The van der Waals surface area contributed by atoms with E-state index in [9.17, 15) is 0 Å². The number of furan rings is 1. The molecule has 1 aromatic rings. The highest BCUT2D eigenvalue weighted by atomic mass is 16.3. The van der Waals surface area contributed by atoms with Crippen LogP contribution in [0.2, 0.25) is 0 Å². The standard InChI is InChI=1S/C14H20O/c1-3-13-8-9-14(15-13)7-6-12-5-4-11(2)10-12/h5,8-9,11H,3-4,6-7,10H2,1-2H3. The molecular weight excluding hydrogens is 184 g/mol. The minimum Gasteiger partial charge on any atom is -0.466 e. The summed E-state index contributed by atoms with van der Waals surface area (Å²) in [6.45, 7) is 4.45. The summed E-state index contributed by atoms with van der Waals surface area (Å²) >= 11 is 0. The second-order valence-electron chi connectivity index (χ2n) is 4.63. The first-order chi connectivity index (χ1) is 7.28. The molecule has 0 radical (unpaired) electrons. The molecule has 1 nitrogen and oxygen atoms in total. The van der Waals surface area contributed by atoms with Gasteiger partial charge in [-0.15, -0.1) is 0 Å². The minimum absolute atomic E-state index is 0.864. The van der Waals surface area contributed by atoms with E-state index in [1.165, 1.54) is 19.3 Å². The molecule has 1 heterocycles. The van der Waals surface area contributed by atoms with Gasteiger partial charge in [0.2, 0.25) is 0 Å². The molecule has 0 aromatic carbocycles. The Morgan fingerprint density at radius 2 is 2.07 bits per heavy atom. The monoisotopic (exact) mass is 204 g/mol. The molecule has 0 bridgehead atoms. The van der Waals surface area contributed by atoms with Gasteiger partial charge in [0.25, 0.3) is 0 Å². The Bertz CT molecular complexity index is 346. The van der Waals surface area contributed by atoms with Crippen LogP contribution in [-0.4, -0.2) is 0 Å². The van der Waals surface area contributed by atoms with Gasteiger partial charge < -0.3 is 4.42 Å². The number of aryl methyl sites for hydroxylation is 2. The van der Waals surface area contributed by atoms with E-state index < -0.39 is 0 Å². The SMILES string of the molecule is CCc1ccc(CCC2=CCC(C)C2)o1. The van der Waals surface area contributed by atoms with Crippen LogP contribution < -0.4 is 0 Å². The quantitative estimate of drug-likeness (QED) is 0.672. The van der Waals surface area contributed by atoms with E-state index in [4.69, 9.17) is 4.42 Å². The van der Waals surface area contributed by atoms with Crippen LogP contribution in [0.4, 0.5) is 0 Å². The summed E-state index contributed by atoms with van der Waals surface area (Å²) in [5, 5.41) is 0. The van der Waals surface area contributed by atoms with E-state index in [-0.39, 0.29) is 0 Å². The molecule has 0 spiro atoms. The first kappa shape index (κ1) is 10.5. The summed E-state index contributed by atoms with van der Waals surface area (Å²) in [5.41, 5.74) is 1.62. The first-order valence-corrected chi connectivity index (χ1v) is 6.03. The molecule has 0 saturated carbocycles. The molecule has 0 N–H and O–H groups in total. The van der Waals surface area contributed by atoms with Gasteiger partial charge in [-0.1, -0.05) is 25.5 Å². The predicted molar refractivity (Wildman–Crippen MR) is 62.9 cm³/mol. The summed E-state index contributed by atoms with van der Waals surface area (Å²) in [5.74, 6) is 3.12. The van der Waals surface area contributed by atoms with Crippen molar-refractivity contribution in [2.75, 3.05) is 0 Å². The predicted octanol–water partition coefficient (Wildman–Crippen LogP) is 4.13. The average Bonchev–Trinajstić information content (AvgIpc) is 2.83. The number of hydrogen-bond acceptors (Lipinski definition) is 1. The van der Waals surface area contributed by atoms with Gasteiger partial charge in [-0.05, 0) is 37.3 Å². The highest BCUT2D eigenvalue weighted by molar-refractivity contribution is 5.13. The highest BCUT2D eigenvalue weighted by Gasteiger charge is 2.12. The van der Waals surface area contributed by atoms with E-state index in [1.807, 2.05) is 0 Å². The van der Waals surface area contributed by atoms with Crippen molar-refractivity contribution in [2.45, 2.75) is 46.0 Å². The Kier molecular flexibility index (Phi) is 3.30. The third-order valence-corrected chi connectivity index (χ3v) is 3.18. The van der Waals surface area contributed by atoms with Gasteiger partial charge in [-0.25, -0.2) is 0 Å². The Morgan fingerprint density at radius 1 is 1.27 bits per heavy atom. The topological polar surface area (TPSA) is 13.1 Å². The molecular formula is C14H20O. The summed E-state index contributed by atoms with van der Waals surface area (Å²) < 4.78 is 5.69. The molecule has 2 rings (SSSR count). The van der Waals surface area contributed by atoms with E-state index in [2.05, 4.69) is 32.1 Å². The lowest BCUT2D eigenvalue weighted by Crippen LogP contribution is -1.88. The van der Waals surface area contributed by atoms with Crippen LogP contribution in [0.15, 0.2) is 28.2 Å². The molecule has 0 amide bonds. The van der Waals surface area contributed by atoms with Crippen LogP contribution in [0, 0.1) is 5.92 Å². The molecule has 1 unspecified atom stereocenters. The van der Waals surface area contributed by atoms with Gasteiger partial charge in [-0.3, -0.25) is 0 Å². The summed E-state index contributed by atoms with van der Waals surface area (Å²) in [7, 11) is 0. The van der Waals surface area contributed by atoms with Crippen molar-refractivity contribution >= 4 is 0 Å². The second kappa shape index (κ2) is 4.69. The molecule has 1 aromatic heterocycles. The third-order valence-electron chi connectivity index (χ3n) is 3.18. The maximum absolute atomic E-state index is 5.69. The Labute approximate surface area is 92.2 Å². The van der Waals surface area contributed by atoms with Crippen LogP contribution in [0.25, 0.3) is 0 Å². The molecule has 0 saturated heterocycles. The highest BCUT2D eigenvalue weighted by Crippen LogP contribution is 2.27. The maximum atomic E-state index is 5.69. The van der Waals surface area contributed by atoms with E-state index >= 15 is 0 Å². The Balaban J connectivity index is 1.83. The summed E-state index contributed by atoms with van der Waals surface area (Å²) in [6, 6.07) is 4.22. The fourth-order valence-corrected chi connectivity index (χ4v) is 2.22. The summed E-state index contributed by atoms with van der Waals surface area (Å²) in [4.78, 5) is 0. The van der Waals surface area contributed by atoms with Crippen molar-refractivity contribution in [3.05, 3.63) is 35.3 Å².